The molecule has 2 rings (SSSR count). The normalized spacial score (nSPS) is 9.88. The Morgan fingerprint density at radius 2 is 2.24 bits per heavy atom. The molecule has 84 valence electrons. The van der Waals surface area contributed by atoms with Gasteiger partial charge < -0.3 is 5.32 Å². The predicted octanol–water partition coefficient (Wildman–Crippen LogP) is 1.65. The summed E-state index contributed by atoms with van der Waals surface area (Å²) < 4.78 is 0. The van der Waals surface area contributed by atoms with Crippen LogP contribution in [0.25, 0.3) is 0 Å². The highest BCUT2D eigenvalue weighted by atomic mass is 16.1. The zero-order chi connectivity index (χ0) is 11.9. The van der Waals surface area contributed by atoms with Gasteiger partial charge in [0.2, 0.25) is 0 Å². The summed E-state index contributed by atoms with van der Waals surface area (Å²) in [5.74, 6) is -0.0915. The fraction of sp³-hybridized carbons (Fsp3) is 0.143. The first kappa shape index (κ1) is 11.3. The lowest BCUT2D eigenvalue weighted by molar-refractivity contribution is 0.0954. The van der Waals surface area contributed by atoms with Crippen LogP contribution in [0.2, 0.25) is 0 Å². The molecule has 1 N–H and O–H groups in total. The predicted molar refractivity (Wildman–Crippen MR) is 64.4 cm³/mol. The van der Waals surface area contributed by atoms with E-state index in [2.05, 4.69) is 22.4 Å². The fourth-order valence-electron chi connectivity index (χ4n) is 1.44. The van der Waals surface area contributed by atoms with Crippen LogP contribution < -0.4 is 5.32 Å². The molecule has 3 heteroatoms. The summed E-state index contributed by atoms with van der Waals surface area (Å²) in [7, 11) is 0. The molecule has 3 nitrogen and oxygen atoms in total. The molecular weight excluding hydrogens is 212 g/mol. The van der Waals surface area contributed by atoms with Crippen LogP contribution >= 0.6 is 0 Å². The molecule has 1 amide bonds. The van der Waals surface area contributed by atoms with E-state index in [1.54, 1.807) is 24.4 Å². The van der Waals surface area contributed by atoms with Crippen molar-refractivity contribution in [2.75, 3.05) is 6.54 Å². The number of benzene rings is 1. The number of aromatic nitrogens is 1. The van der Waals surface area contributed by atoms with Crippen molar-refractivity contribution in [2.45, 2.75) is 6.42 Å². The Kier molecular flexibility index (Phi) is 3.86. The number of carbonyl (C=O) groups is 1. The summed E-state index contributed by atoms with van der Waals surface area (Å²) >= 11 is 0. The molecule has 0 fully saturated rings. The van der Waals surface area contributed by atoms with Crippen LogP contribution in [0.4, 0.5) is 0 Å². The lowest BCUT2D eigenvalue weighted by Gasteiger charge is -2.04. The topological polar surface area (TPSA) is 42.0 Å². The highest BCUT2D eigenvalue weighted by molar-refractivity contribution is 5.93. The van der Waals surface area contributed by atoms with Gasteiger partial charge in [0.1, 0.15) is 0 Å². The second kappa shape index (κ2) is 5.80. The molecule has 0 atom stereocenters. The maximum absolute atomic E-state index is 11.7. The summed E-state index contributed by atoms with van der Waals surface area (Å²) in [6.07, 6.45) is 2.48. The van der Waals surface area contributed by atoms with Crippen molar-refractivity contribution in [1.29, 1.82) is 0 Å². The maximum Gasteiger partial charge on any atom is 0.251 e. The molecule has 17 heavy (non-hydrogen) atoms. The van der Waals surface area contributed by atoms with Crippen LogP contribution in [0.3, 0.4) is 0 Å². The lowest BCUT2D eigenvalue weighted by Crippen LogP contribution is -2.25. The van der Waals surface area contributed by atoms with Gasteiger partial charge in [0, 0.05) is 30.4 Å². The van der Waals surface area contributed by atoms with E-state index in [9.17, 15) is 4.79 Å². The van der Waals surface area contributed by atoms with Crippen molar-refractivity contribution in [3.05, 3.63) is 66.0 Å². The lowest BCUT2D eigenvalue weighted by atomic mass is 10.2. The zero-order valence-corrected chi connectivity index (χ0v) is 9.31. The minimum atomic E-state index is -0.0915. The number of rotatable bonds is 4. The van der Waals surface area contributed by atoms with Crippen LogP contribution in [0, 0.1) is 12.1 Å². The Bertz CT molecular complexity index is 468. The smallest absolute Gasteiger partial charge is 0.251 e. The van der Waals surface area contributed by atoms with Crippen LogP contribution in [0.15, 0.2) is 42.6 Å². The summed E-state index contributed by atoms with van der Waals surface area (Å²) in [6, 6.07) is 16.3. The van der Waals surface area contributed by atoms with E-state index in [0.29, 0.717) is 12.1 Å². The van der Waals surface area contributed by atoms with Gasteiger partial charge >= 0.3 is 0 Å². The first-order chi connectivity index (χ1) is 8.36. The Morgan fingerprint density at radius 1 is 1.29 bits per heavy atom. The molecule has 1 aromatic heterocycles. The van der Waals surface area contributed by atoms with Crippen molar-refractivity contribution >= 4 is 5.91 Å². The van der Waals surface area contributed by atoms with E-state index in [0.717, 1.165) is 12.1 Å². The van der Waals surface area contributed by atoms with E-state index >= 15 is 0 Å². The van der Waals surface area contributed by atoms with E-state index in [1.165, 1.54) is 0 Å². The van der Waals surface area contributed by atoms with Crippen LogP contribution in [0.1, 0.15) is 16.1 Å². The standard InChI is InChI=1S/C14H12N2O/c17-14(12-6-2-1-3-7-12)16-11-9-13-8-4-5-10-15-13/h2,4-8,10H,9,11H2,(H,16,17). The van der Waals surface area contributed by atoms with Gasteiger partial charge in [-0.05, 0) is 36.4 Å². The number of hydrogen-bond acceptors (Lipinski definition) is 2. The molecule has 0 spiro atoms. The third kappa shape index (κ3) is 3.41. The largest absolute Gasteiger partial charge is 0.352 e. The molecule has 0 saturated heterocycles. The minimum Gasteiger partial charge on any atom is -0.352 e. The Labute approximate surface area is 101 Å². The first-order valence-corrected chi connectivity index (χ1v) is 5.42. The van der Waals surface area contributed by atoms with Crippen molar-refractivity contribution in [1.82, 2.24) is 10.3 Å². The van der Waals surface area contributed by atoms with Gasteiger partial charge in [-0.25, -0.2) is 0 Å². The highest BCUT2D eigenvalue weighted by Crippen LogP contribution is 1.97. The molecule has 1 aromatic carbocycles. The number of hydrogen-bond donors (Lipinski definition) is 1. The van der Waals surface area contributed by atoms with Crippen molar-refractivity contribution < 1.29 is 4.79 Å². The minimum absolute atomic E-state index is 0.0915. The Hall–Kier alpha value is -2.16. The maximum atomic E-state index is 11.7. The second-order valence-electron chi connectivity index (χ2n) is 3.55. The van der Waals surface area contributed by atoms with Gasteiger partial charge in [0.25, 0.3) is 5.91 Å². The van der Waals surface area contributed by atoms with E-state index in [-0.39, 0.29) is 5.91 Å². The Balaban J connectivity index is 1.82. The third-order valence-corrected chi connectivity index (χ3v) is 2.31. The molecule has 0 bridgehead atoms. The van der Waals surface area contributed by atoms with Crippen LogP contribution in [-0.4, -0.2) is 17.4 Å². The molecule has 2 aromatic rings. The number of amides is 1. The van der Waals surface area contributed by atoms with Gasteiger partial charge in [0.05, 0.1) is 0 Å². The number of pyridine rings is 1. The highest BCUT2D eigenvalue weighted by Gasteiger charge is 2.03. The summed E-state index contributed by atoms with van der Waals surface area (Å²) in [5.41, 5.74) is 1.57. The van der Waals surface area contributed by atoms with Gasteiger partial charge in [0.15, 0.2) is 0 Å². The van der Waals surface area contributed by atoms with Gasteiger partial charge in [-0.15, -0.1) is 0 Å². The molecule has 0 saturated carbocycles. The molecule has 1 heterocycles. The quantitative estimate of drug-likeness (QED) is 0.858. The molecule has 0 aliphatic rings. The van der Waals surface area contributed by atoms with E-state index in [1.807, 2.05) is 18.2 Å². The number of nitrogens with zero attached hydrogens (tertiary/aromatic N) is 1. The average Bonchev–Trinajstić information content (AvgIpc) is 2.41. The summed E-state index contributed by atoms with van der Waals surface area (Å²) in [5, 5.41) is 2.83. The van der Waals surface area contributed by atoms with Crippen LogP contribution in [0.5, 0.6) is 0 Å². The average molecular weight is 224 g/mol. The molecule has 2 radical (unpaired) electrons. The van der Waals surface area contributed by atoms with Crippen molar-refractivity contribution in [2.24, 2.45) is 0 Å². The van der Waals surface area contributed by atoms with Gasteiger partial charge in [-0.1, -0.05) is 12.1 Å². The monoisotopic (exact) mass is 224 g/mol. The van der Waals surface area contributed by atoms with Crippen molar-refractivity contribution in [3.63, 3.8) is 0 Å². The zero-order valence-electron chi connectivity index (χ0n) is 9.31. The first-order valence-electron chi connectivity index (χ1n) is 5.42. The Morgan fingerprint density at radius 3 is 2.94 bits per heavy atom. The summed E-state index contributed by atoms with van der Waals surface area (Å²) in [6.45, 7) is 0.578. The number of nitrogens with one attached hydrogen (secondary N) is 1. The van der Waals surface area contributed by atoms with E-state index < -0.39 is 0 Å². The molecular formula is C14H12N2O. The van der Waals surface area contributed by atoms with E-state index in [4.69, 9.17) is 0 Å². The SMILES string of the molecule is O=C(NCCc1ccccn1)c1c[c][c]cc1. The van der Waals surface area contributed by atoms with Crippen molar-refractivity contribution in [3.8, 4) is 0 Å². The van der Waals surface area contributed by atoms with Gasteiger partial charge in [-0.3, -0.25) is 9.78 Å². The molecule has 0 aliphatic heterocycles. The molecule has 0 aliphatic carbocycles. The second-order valence-corrected chi connectivity index (χ2v) is 3.55. The number of carbonyl (C=O) groups excluding carboxylic acids is 1. The summed E-state index contributed by atoms with van der Waals surface area (Å²) in [4.78, 5) is 15.9. The van der Waals surface area contributed by atoms with Crippen LogP contribution in [-0.2, 0) is 6.42 Å². The van der Waals surface area contributed by atoms with Gasteiger partial charge in [-0.2, -0.15) is 0 Å². The fourth-order valence-corrected chi connectivity index (χ4v) is 1.44. The third-order valence-electron chi connectivity index (χ3n) is 2.31. The molecule has 0 unspecified atom stereocenters.